The molecule has 7 nitrogen and oxygen atoms in total. The van der Waals surface area contributed by atoms with E-state index in [0.717, 1.165) is 12.8 Å². The van der Waals surface area contributed by atoms with E-state index in [1.165, 1.54) is 25.6 Å². The molecular weight excluding hydrogens is 260 g/mol. The second kappa shape index (κ2) is 7.02. The van der Waals surface area contributed by atoms with Gasteiger partial charge in [-0.1, -0.05) is 19.3 Å². The van der Waals surface area contributed by atoms with E-state index in [1.54, 1.807) is 0 Å². The molecule has 0 saturated heterocycles. The maximum absolute atomic E-state index is 11.2. The zero-order valence-corrected chi connectivity index (χ0v) is 11.7. The lowest BCUT2D eigenvalue weighted by Crippen LogP contribution is -2.16. The van der Waals surface area contributed by atoms with Crippen molar-refractivity contribution >= 4 is 11.5 Å². The normalized spacial score (nSPS) is 15.8. The van der Waals surface area contributed by atoms with Crippen molar-refractivity contribution < 1.29 is 9.66 Å². The molecule has 110 valence electrons. The fraction of sp³-hybridized carbons (Fsp3) is 0.692. The molecule has 1 aliphatic rings. The van der Waals surface area contributed by atoms with Crippen LogP contribution in [0.25, 0.3) is 0 Å². The van der Waals surface area contributed by atoms with E-state index < -0.39 is 4.92 Å². The van der Waals surface area contributed by atoms with Crippen LogP contribution >= 0.6 is 0 Å². The van der Waals surface area contributed by atoms with Crippen LogP contribution in [0.15, 0.2) is 6.33 Å². The second-order valence-electron chi connectivity index (χ2n) is 4.98. The number of nitro groups is 1. The van der Waals surface area contributed by atoms with E-state index in [-0.39, 0.29) is 17.4 Å². The Kier molecular flexibility index (Phi) is 5.09. The Morgan fingerprint density at radius 3 is 2.80 bits per heavy atom. The Bertz CT molecular complexity index is 461. The van der Waals surface area contributed by atoms with Crippen LogP contribution < -0.4 is 10.1 Å². The minimum absolute atomic E-state index is 0.0616. The average molecular weight is 280 g/mol. The predicted molar refractivity (Wildman–Crippen MR) is 74.9 cm³/mol. The molecule has 0 aromatic carbocycles. The molecule has 0 atom stereocenters. The van der Waals surface area contributed by atoms with E-state index in [4.69, 9.17) is 4.74 Å². The number of nitrogens with one attached hydrogen (secondary N) is 1. The van der Waals surface area contributed by atoms with Gasteiger partial charge < -0.3 is 10.1 Å². The summed E-state index contributed by atoms with van der Waals surface area (Å²) < 4.78 is 5.59. The monoisotopic (exact) mass is 280 g/mol. The van der Waals surface area contributed by atoms with Gasteiger partial charge in [0.1, 0.15) is 6.33 Å². The highest BCUT2D eigenvalue weighted by molar-refractivity contribution is 5.60. The molecule has 0 unspecified atom stereocenters. The molecule has 0 spiro atoms. The first kappa shape index (κ1) is 14.5. The third kappa shape index (κ3) is 3.55. The van der Waals surface area contributed by atoms with Gasteiger partial charge in [-0.2, -0.15) is 4.98 Å². The van der Waals surface area contributed by atoms with Crippen LogP contribution in [0.4, 0.5) is 11.5 Å². The molecule has 1 N–H and O–H groups in total. The van der Waals surface area contributed by atoms with Gasteiger partial charge in [0.05, 0.1) is 11.5 Å². The number of anilines is 1. The van der Waals surface area contributed by atoms with Crippen molar-refractivity contribution in [3.8, 4) is 5.88 Å². The lowest BCUT2D eigenvalue weighted by atomic mass is 9.90. The van der Waals surface area contributed by atoms with E-state index in [2.05, 4.69) is 15.3 Å². The molecule has 1 fully saturated rings. The second-order valence-corrected chi connectivity index (χ2v) is 4.98. The first-order valence-corrected chi connectivity index (χ1v) is 7.08. The third-order valence-corrected chi connectivity index (χ3v) is 3.50. The van der Waals surface area contributed by atoms with Gasteiger partial charge >= 0.3 is 5.69 Å². The summed E-state index contributed by atoms with van der Waals surface area (Å²) in [6.45, 7) is 2.90. The largest absolute Gasteiger partial charge is 0.472 e. The van der Waals surface area contributed by atoms with Gasteiger partial charge in [-0.15, -0.1) is 0 Å². The van der Waals surface area contributed by atoms with Crippen molar-refractivity contribution in [2.45, 2.75) is 39.0 Å². The maximum Gasteiger partial charge on any atom is 0.372 e. The van der Waals surface area contributed by atoms with E-state index in [9.17, 15) is 10.1 Å². The number of rotatable bonds is 6. The van der Waals surface area contributed by atoms with Gasteiger partial charge in [-0.25, -0.2) is 4.98 Å². The van der Waals surface area contributed by atoms with Gasteiger partial charge in [0.25, 0.3) is 5.88 Å². The first-order valence-electron chi connectivity index (χ1n) is 7.08. The Hall–Kier alpha value is -1.92. The zero-order chi connectivity index (χ0) is 14.4. The van der Waals surface area contributed by atoms with Crippen molar-refractivity contribution in [1.82, 2.24) is 9.97 Å². The minimum atomic E-state index is -0.492. The van der Waals surface area contributed by atoms with Crippen LogP contribution in [0.5, 0.6) is 5.88 Å². The molecule has 0 aliphatic heterocycles. The highest BCUT2D eigenvalue weighted by Gasteiger charge is 2.25. The summed E-state index contributed by atoms with van der Waals surface area (Å²) in [5.41, 5.74) is -0.176. The quantitative estimate of drug-likeness (QED) is 0.636. The van der Waals surface area contributed by atoms with Gasteiger partial charge in [-0.05, 0) is 25.7 Å². The van der Waals surface area contributed by atoms with Crippen LogP contribution in [0.1, 0.15) is 39.0 Å². The van der Waals surface area contributed by atoms with Gasteiger partial charge in [0.15, 0.2) is 0 Å². The summed E-state index contributed by atoms with van der Waals surface area (Å²) in [6.07, 6.45) is 7.24. The lowest BCUT2D eigenvalue weighted by Gasteiger charge is -2.21. The number of hydrogen-bond donors (Lipinski definition) is 1. The fourth-order valence-corrected chi connectivity index (χ4v) is 2.48. The van der Waals surface area contributed by atoms with E-state index in [0.29, 0.717) is 19.1 Å². The summed E-state index contributed by atoms with van der Waals surface area (Å²) in [5.74, 6) is 0.749. The Morgan fingerprint density at radius 2 is 2.15 bits per heavy atom. The van der Waals surface area contributed by atoms with Crippen LogP contribution in [0.2, 0.25) is 0 Å². The van der Waals surface area contributed by atoms with Crippen molar-refractivity contribution in [1.29, 1.82) is 0 Å². The molecule has 0 radical (unpaired) electrons. The Balaban J connectivity index is 2.09. The molecule has 20 heavy (non-hydrogen) atoms. The number of aromatic nitrogens is 2. The standard InChI is InChI=1S/C13H20N4O3/c1-2-14-12-11(17(18)19)13(16-9-15-12)20-8-10-6-4-3-5-7-10/h9-10H,2-8H2,1H3,(H,14,15,16). The highest BCUT2D eigenvalue weighted by Crippen LogP contribution is 2.32. The van der Waals surface area contributed by atoms with Gasteiger partial charge in [0.2, 0.25) is 5.82 Å². The predicted octanol–water partition coefficient (Wildman–Crippen LogP) is 2.78. The summed E-state index contributed by atoms with van der Waals surface area (Å²) >= 11 is 0. The smallest absolute Gasteiger partial charge is 0.372 e. The number of ether oxygens (including phenoxy) is 1. The van der Waals surface area contributed by atoms with Crippen LogP contribution in [-0.4, -0.2) is 28.0 Å². The lowest BCUT2D eigenvalue weighted by molar-refractivity contribution is -0.385. The fourth-order valence-electron chi connectivity index (χ4n) is 2.48. The Morgan fingerprint density at radius 1 is 1.40 bits per heavy atom. The summed E-state index contributed by atoms with van der Waals surface area (Å²) in [7, 11) is 0. The van der Waals surface area contributed by atoms with Crippen LogP contribution in [0, 0.1) is 16.0 Å². The minimum Gasteiger partial charge on any atom is -0.472 e. The molecule has 0 bridgehead atoms. The molecule has 1 aromatic heterocycles. The molecule has 1 aromatic rings. The summed E-state index contributed by atoms with van der Waals surface area (Å²) in [6, 6.07) is 0. The zero-order valence-electron chi connectivity index (χ0n) is 11.7. The van der Waals surface area contributed by atoms with Crippen molar-refractivity contribution in [3.05, 3.63) is 16.4 Å². The molecule has 0 amide bonds. The molecule has 2 rings (SSSR count). The van der Waals surface area contributed by atoms with E-state index >= 15 is 0 Å². The van der Waals surface area contributed by atoms with Crippen molar-refractivity contribution in [2.24, 2.45) is 5.92 Å². The first-order chi connectivity index (χ1) is 9.72. The maximum atomic E-state index is 11.2. The molecule has 1 aliphatic carbocycles. The molecule has 7 heteroatoms. The van der Waals surface area contributed by atoms with Crippen LogP contribution in [0.3, 0.4) is 0 Å². The van der Waals surface area contributed by atoms with Crippen molar-refractivity contribution in [2.75, 3.05) is 18.5 Å². The van der Waals surface area contributed by atoms with Gasteiger partial charge in [0, 0.05) is 6.54 Å². The summed E-state index contributed by atoms with van der Waals surface area (Å²) in [5, 5.41) is 14.0. The SMILES string of the molecule is CCNc1ncnc(OCC2CCCCC2)c1[N+](=O)[O-]. The van der Waals surface area contributed by atoms with Crippen molar-refractivity contribution in [3.63, 3.8) is 0 Å². The van der Waals surface area contributed by atoms with Crippen LogP contribution in [-0.2, 0) is 0 Å². The summed E-state index contributed by atoms with van der Waals surface area (Å²) in [4.78, 5) is 18.5. The highest BCUT2D eigenvalue weighted by atomic mass is 16.6. The third-order valence-electron chi connectivity index (χ3n) is 3.50. The Labute approximate surface area is 117 Å². The molecule has 1 saturated carbocycles. The molecular formula is C13H20N4O3. The number of nitrogens with zero attached hydrogens (tertiary/aromatic N) is 3. The van der Waals surface area contributed by atoms with E-state index in [1.807, 2.05) is 6.92 Å². The van der Waals surface area contributed by atoms with Gasteiger partial charge in [-0.3, -0.25) is 10.1 Å². The number of hydrogen-bond acceptors (Lipinski definition) is 6. The molecule has 1 heterocycles. The average Bonchev–Trinajstić information content (AvgIpc) is 2.46. The topological polar surface area (TPSA) is 90.2 Å².